The smallest absolute Gasteiger partial charge is 0.0952 e. The fourth-order valence-corrected chi connectivity index (χ4v) is 1.21. The second-order valence-corrected chi connectivity index (χ2v) is 3.44. The van der Waals surface area contributed by atoms with E-state index in [1.165, 1.54) is 0 Å². The zero-order chi connectivity index (χ0) is 10.6. The van der Waals surface area contributed by atoms with Gasteiger partial charge in [-0.1, -0.05) is 6.92 Å². The first-order valence-electron chi connectivity index (χ1n) is 4.56. The molecule has 76 valence electrons. The van der Waals surface area contributed by atoms with Crippen LogP contribution in [0.25, 0.3) is 0 Å². The highest BCUT2D eigenvalue weighted by Crippen LogP contribution is 2.11. The summed E-state index contributed by atoms with van der Waals surface area (Å²) in [5.41, 5.74) is 6.50. The Labute approximate surface area is 84.3 Å². The fraction of sp³-hybridized carbons (Fsp3) is 0.400. The van der Waals surface area contributed by atoms with E-state index >= 15 is 0 Å². The zero-order valence-electron chi connectivity index (χ0n) is 8.57. The van der Waals surface area contributed by atoms with Crippen molar-refractivity contribution in [2.75, 3.05) is 18.5 Å². The molecule has 1 atom stereocenters. The summed E-state index contributed by atoms with van der Waals surface area (Å²) in [5.74, 6) is 0.305. The fourth-order valence-electron chi connectivity index (χ4n) is 1.21. The molecule has 0 aromatic carbocycles. The van der Waals surface area contributed by atoms with Gasteiger partial charge in [0.2, 0.25) is 0 Å². The Morgan fingerprint density at radius 3 is 2.64 bits per heavy atom. The van der Waals surface area contributed by atoms with Gasteiger partial charge in [-0.2, -0.15) is 0 Å². The number of nitrogens with zero attached hydrogens (tertiary/aromatic N) is 2. The summed E-state index contributed by atoms with van der Waals surface area (Å²) >= 11 is 0. The summed E-state index contributed by atoms with van der Waals surface area (Å²) in [6, 6.07) is 3.87. The van der Waals surface area contributed by atoms with Crippen LogP contribution in [0.2, 0.25) is 0 Å². The van der Waals surface area contributed by atoms with Crippen LogP contribution in [0.5, 0.6) is 0 Å². The van der Waals surface area contributed by atoms with Gasteiger partial charge >= 0.3 is 0 Å². The number of pyridine rings is 1. The summed E-state index contributed by atoms with van der Waals surface area (Å²) in [6.07, 6.45) is 3.51. The predicted molar refractivity (Wildman–Crippen MR) is 58.6 cm³/mol. The second-order valence-electron chi connectivity index (χ2n) is 3.44. The lowest BCUT2D eigenvalue weighted by molar-refractivity contribution is 0.729. The zero-order valence-corrected chi connectivity index (χ0v) is 8.57. The SMILES string of the molecule is CC(CN(C)c1ccncc1)C(=N)N. The third-order valence-electron chi connectivity index (χ3n) is 2.18. The molecule has 0 bridgehead atoms. The van der Waals surface area contributed by atoms with Crippen LogP contribution < -0.4 is 10.6 Å². The average Bonchev–Trinajstić information content (AvgIpc) is 2.19. The van der Waals surface area contributed by atoms with Gasteiger partial charge in [-0.25, -0.2) is 0 Å². The van der Waals surface area contributed by atoms with Crippen LogP contribution in [-0.4, -0.2) is 24.4 Å². The first kappa shape index (κ1) is 10.5. The number of amidine groups is 1. The third-order valence-corrected chi connectivity index (χ3v) is 2.18. The van der Waals surface area contributed by atoms with Crippen molar-refractivity contribution in [1.82, 2.24) is 4.98 Å². The molecule has 1 aromatic rings. The van der Waals surface area contributed by atoms with E-state index in [4.69, 9.17) is 11.1 Å². The maximum atomic E-state index is 7.29. The maximum Gasteiger partial charge on any atom is 0.0952 e. The Hall–Kier alpha value is -1.58. The van der Waals surface area contributed by atoms with Crippen molar-refractivity contribution >= 4 is 11.5 Å². The van der Waals surface area contributed by atoms with E-state index in [1.54, 1.807) is 12.4 Å². The number of hydrogen-bond acceptors (Lipinski definition) is 3. The minimum atomic E-state index is 0.0770. The lowest BCUT2D eigenvalue weighted by Gasteiger charge is -2.22. The van der Waals surface area contributed by atoms with E-state index in [0.717, 1.165) is 12.2 Å². The molecule has 1 heterocycles. The molecule has 0 fully saturated rings. The first-order chi connectivity index (χ1) is 6.61. The predicted octanol–water partition coefficient (Wildman–Crippen LogP) is 1.09. The number of aromatic nitrogens is 1. The molecule has 0 amide bonds. The van der Waals surface area contributed by atoms with Crippen LogP contribution in [0, 0.1) is 11.3 Å². The number of anilines is 1. The molecule has 0 aliphatic rings. The highest BCUT2D eigenvalue weighted by Gasteiger charge is 2.08. The topological polar surface area (TPSA) is 66.0 Å². The Kier molecular flexibility index (Phi) is 3.45. The first-order valence-corrected chi connectivity index (χ1v) is 4.56. The Balaban J connectivity index is 2.59. The molecule has 1 rings (SSSR count). The van der Waals surface area contributed by atoms with Crippen LogP contribution in [0.3, 0.4) is 0 Å². The molecule has 14 heavy (non-hydrogen) atoms. The molecule has 0 aliphatic carbocycles. The minimum Gasteiger partial charge on any atom is -0.387 e. The summed E-state index contributed by atoms with van der Waals surface area (Å²) < 4.78 is 0. The van der Waals surface area contributed by atoms with Gasteiger partial charge in [0.05, 0.1) is 5.84 Å². The summed E-state index contributed by atoms with van der Waals surface area (Å²) in [7, 11) is 1.98. The molecule has 0 radical (unpaired) electrons. The van der Waals surface area contributed by atoms with Crippen molar-refractivity contribution in [2.24, 2.45) is 11.7 Å². The van der Waals surface area contributed by atoms with Crippen LogP contribution in [-0.2, 0) is 0 Å². The molecule has 4 nitrogen and oxygen atoms in total. The van der Waals surface area contributed by atoms with E-state index in [-0.39, 0.29) is 11.8 Å². The van der Waals surface area contributed by atoms with Gasteiger partial charge in [-0.15, -0.1) is 0 Å². The van der Waals surface area contributed by atoms with Crippen molar-refractivity contribution in [3.63, 3.8) is 0 Å². The maximum absolute atomic E-state index is 7.29. The number of hydrogen-bond donors (Lipinski definition) is 2. The standard InChI is InChI=1S/C10H16N4/c1-8(10(11)12)7-14(2)9-3-5-13-6-4-9/h3-6,8H,7H2,1-2H3,(H3,11,12). The Morgan fingerprint density at radius 1 is 1.57 bits per heavy atom. The van der Waals surface area contributed by atoms with Crippen LogP contribution >= 0.6 is 0 Å². The quantitative estimate of drug-likeness (QED) is 0.554. The number of rotatable bonds is 4. The molecule has 0 saturated carbocycles. The van der Waals surface area contributed by atoms with Gasteiger partial charge in [0.25, 0.3) is 0 Å². The van der Waals surface area contributed by atoms with Crippen molar-refractivity contribution in [1.29, 1.82) is 5.41 Å². The van der Waals surface area contributed by atoms with E-state index in [1.807, 2.05) is 26.1 Å². The molecule has 1 aromatic heterocycles. The highest BCUT2D eigenvalue weighted by atomic mass is 15.1. The van der Waals surface area contributed by atoms with E-state index in [2.05, 4.69) is 9.88 Å². The number of nitrogens with one attached hydrogen (secondary N) is 1. The van der Waals surface area contributed by atoms with E-state index in [0.29, 0.717) is 0 Å². The van der Waals surface area contributed by atoms with Crippen molar-refractivity contribution < 1.29 is 0 Å². The van der Waals surface area contributed by atoms with E-state index < -0.39 is 0 Å². The van der Waals surface area contributed by atoms with Crippen molar-refractivity contribution in [3.8, 4) is 0 Å². The van der Waals surface area contributed by atoms with Crippen LogP contribution in [0.4, 0.5) is 5.69 Å². The lowest BCUT2D eigenvalue weighted by Crippen LogP contribution is -2.31. The molecule has 4 heteroatoms. The molecule has 1 unspecified atom stereocenters. The Morgan fingerprint density at radius 2 is 2.14 bits per heavy atom. The molecular weight excluding hydrogens is 176 g/mol. The van der Waals surface area contributed by atoms with Gasteiger partial charge in [-0.3, -0.25) is 10.4 Å². The second kappa shape index (κ2) is 4.60. The number of nitrogens with two attached hydrogens (primary N) is 1. The Bertz CT molecular complexity index is 296. The molecule has 0 aliphatic heterocycles. The van der Waals surface area contributed by atoms with Crippen molar-refractivity contribution in [3.05, 3.63) is 24.5 Å². The third kappa shape index (κ3) is 2.73. The summed E-state index contributed by atoms with van der Waals surface area (Å²) in [6.45, 7) is 2.69. The summed E-state index contributed by atoms with van der Waals surface area (Å²) in [4.78, 5) is 6.01. The normalized spacial score (nSPS) is 12.1. The minimum absolute atomic E-state index is 0.0770. The van der Waals surface area contributed by atoms with Gasteiger partial charge < -0.3 is 10.6 Å². The summed E-state index contributed by atoms with van der Waals surface area (Å²) in [5, 5.41) is 7.29. The van der Waals surface area contributed by atoms with Gasteiger partial charge in [0, 0.05) is 37.6 Å². The lowest BCUT2D eigenvalue weighted by atomic mass is 10.1. The molecular formula is C10H16N4. The highest BCUT2D eigenvalue weighted by molar-refractivity contribution is 5.79. The van der Waals surface area contributed by atoms with Crippen LogP contribution in [0.1, 0.15) is 6.92 Å². The van der Waals surface area contributed by atoms with Gasteiger partial charge in [0.15, 0.2) is 0 Å². The average molecular weight is 192 g/mol. The molecule has 0 spiro atoms. The van der Waals surface area contributed by atoms with Gasteiger partial charge in [-0.05, 0) is 12.1 Å². The molecule has 0 saturated heterocycles. The largest absolute Gasteiger partial charge is 0.387 e. The van der Waals surface area contributed by atoms with Crippen molar-refractivity contribution in [2.45, 2.75) is 6.92 Å². The van der Waals surface area contributed by atoms with Gasteiger partial charge in [0.1, 0.15) is 0 Å². The van der Waals surface area contributed by atoms with Crippen LogP contribution in [0.15, 0.2) is 24.5 Å². The molecule has 3 N–H and O–H groups in total. The monoisotopic (exact) mass is 192 g/mol. The van der Waals surface area contributed by atoms with E-state index in [9.17, 15) is 0 Å².